The fourth-order valence-corrected chi connectivity index (χ4v) is 5.60. The number of nitrogens with zero attached hydrogens (tertiary/aromatic N) is 3. The number of aryl methyl sites for hydroxylation is 1. The summed E-state index contributed by atoms with van der Waals surface area (Å²) in [6.45, 7) is 5.56. The predicted octanol–water partition coefficient (Wildman–Crippen LogP) is 3.34. The average Bonchev–Trinajstić information content (AvgIpc) is 3.19. The Morgan fingerprint density at radius 1 is 0.895 bits per heavy atom. The lowest BCUT2D eigenvalue weighted by Crippen LogP contribution is -2.50. The zero-order valence-corrected chi connectivity index (χ0v) is 21.8. The lowest BCUT2D eigenvalue weighted by molar-refractivity contribution is -0.130. The Labute approximate surface area is 223 Å². The molecule has 38 heavy (non-hydrogen) atoms. The van der Waals surface area contributed by atoms with Gasteiger partial charge in [0.2, 0.25) is 5.91 Å². The van der Waals surface area contributed by atoms with E-state index in [0.717, 1.165) is 22.3 Å². The number of amides is 2. The zero-order valence-electron chi connectivity index (χ0n) is 21.8. The Hall–Kier alpha value is -4.26. The molecule has 5 rings (SSSR count). The third kappa shape index (κ3) is 4.60. The fraction of sp³-hybridized carbons (Fsp3) is 0.290. The number of rotatable bonds is 5. The second-order valence-corrected chi connectivity index (χ2v) is 10.1. The van der Waals surface area contributed by atoms with E-state index in [9.17, 15) is 14.4 Å². The van der Waals surface area contributed by atoms with Gasteiger partial charge in [-0.2, -0.15) is 0 Å². The molecule has 0 saturated carbocycles. The van der Waals surface area contributed by atoms with Crippen LogP contribution in [0.5, 0.6) is 0 Å². The summed E-state index contributed by atoms with van der Waals surface area (Å²) >= 11 is 0. The topological polar surface area (TPSA) is 96.1 Å². The first-order chi connectivity index (χ1) is 18.3. The van der Waals surface area contributed by atoms with Crippen molar-refractivity contribution < 1.29 is 14.4 Å². The highest BCUT2D eigenvalue weighted by atomic mass is 16.2. The molecule has 3 aromatic rings. The third-order valence-electron chi connectivity index (χ3n) is 7.55. The normalized spacial score (nSPS) is 18.8. The molecule has 0 spiro atoms. The molecular weight excluding hydrogens is 476 g/mol. The number of nitrogens with two attached hydrogens (primary N) is 1. The Bertz CT molecular complexity index is 1350. The summed E-state index contributed by atoms with van der Waals surface area (Å²) in [6, 6.07) is 24.8. The smallest absolute Gasteiger partial charge is 0.253 e. The maximum atomic E-state index is 14.2. The van der Waals surface area contributed by atoms with Crippen molar-refractivity contribution in [3.05, 3.63) is 107 Å². The minimum atomic E-state index is -1.20. The Kier molecular flexibility index (Phi) is 6.85. The summed E-state index contributed by atoms with van der Waals surface area (Å²) in [4.78, 5) is 47.5. The molecule has 3 aromatic carbocycles. The maximum Gasteiger partial charge on any atom is 0.253 e. The fourth-order valence-electron chi connectivity index (χ4n) is 5.60. The third-order valence-corrected chi connectivity index (χ3v) is 7.55. The quantitative estimate of drug-likeness (QED) is 0.572. The highest BCUT2D eigenvalue weighted by molar-refractivity contribution is 6.15. The van der Waals surface area contributed by atoms with Gasteiger partial charge in [0.15, 0.2) is 11.3 Å². The van der Waals surface area contributed by atoms with Crippen LogP contribution in [0, 0.1) is 12.8 Å². The van der Waals surface area contributed by atoms with Crippen LogP contribution in [-0.2, 0) is 21.5 Å². The monoisotopic (exact) mass is 508 g/mol. The van der Waals surface area contributed by atoms with E-state index in [-0.39, 0.29) is 17.6 Å². The molecule has 2 aliphatic rings. The van der Waals surface area contributed by atoms with Crippen molar-refractivity contribution >= 4 is 23.4 Å². The number of carbonyl (C=O) groups excluding carboxylic acids is 3. The standard InChI is InChI=1S/C31H32N4O3/c1-21-17-23(19-24(18-21)30(38)35-15-13-34(14-16-35)22(2)36)20-27-28(37)31(33-29(27)32,25-9-5-3-6-10-25)26-11-7-4-8-12-26/h3-12,17-19,27H,13-16,20H2,1-2H3,(H2,32,33). The Morgan fingerprint density at radius 2 is 1.45 bits per heavy atom. The second kappa shape index (κ2) is 10.2. The molecule has 1 saturated heterocycles. The Morgan fingerprint density at radius 3 is 2.00 bits per heavy atom. The van der Waals surface area contributed by atoms with Crippen molar-refractivity contribution in [1.82, 2.24) is 9.80 Å². The van der Waals surface area contributed by atoms with Crippen molar-refractivity contribution in [2.75, 3.05) is 26.2 Å². The lowest BCUT2D eigenvalue weighted by atomic mass is 9.76. The lowest BCUT2D eigenvalue weighted by Gasteiger charge is -2.34. The van der Waals surface area contributed by atoms with Gasteiger partial charge in [-0.1, -0.05) is 72.3 Å². The molecule has 2 heterocycles. The van der Waals surface area contributed by atoms with Crippen LogP contribution in [0.2, 0.25) is 0 Å². The van der Waals surface area contributed by atoms with Gasteiger partial charge in [-0.15, -0.1) is 0 Å². The predicted molar refractivity (Wildman–Crippen MR) is 147 cm³/mol. The van der Waals surface area contributed by atoms with Crippen LogP contribution in [0.15, 0.2) is 83.9 Å². The minimum absolute atomic E-state index is 0.0255. The maximum absolute atomic E-state index is 14.2. The summed E-state index contributed by atoms with van der Waals surface area (Å²) in [5.74, 6) is -0.420. The van der Waals surface area contributed by atoms with Crippen LogP contribution < -0.4 is 5.73 Å². The summed E-state index contributed by atoms with van der Waals surface area (Å²) in [7, 11) is 0. The van der Waals surface area contributed by atoms with Crippen LogP contribution >= 0.6 is 0 Å². The molecular formula is C31H32N4O3. The highest BCUT2D eigenvalue weighted by Crippen LogP contribution is 2.42. The van der Waals surface area contributed by atoms with Gasteiger partial charge in [-0.3, -0.25) is 14.4 Å². The number of hydrogen-bond acceptors (Lipinski definition) is 5. The van der Waals surface area contributed by atoms with Gasteiger partial charge in [0, 0.05) is 38.7 Å². The molecule has 7 heteroatoms. The molecule has 1 fully saturated rings. The van der Waals surface area contributed by atoms with E-state index in [4.69, 9.17) is 10.7 Å². The molecule has 1 atom stereocenters. The van der Waals surface area contributed by atoms with Crippen molar-refractivity contribution in [2.24, 2.45) is 16.6 Å². The van der Waals surface area contributed by atoms with E-state index < -0.39 is 11.5 Å². The largest absolute Gasteiger partial charge is 0.387 e. The summed E-state index contributed by atoms with van der Waals surface area (Å²) in [5.41, 5.74) is 9.23. The van der Waals surface area contributed by atoms with E-state index in [1.54, 1.807) is 16.7 Å². The first-order valence-electron chi connectivity index (χ1n) is 13.0. The van der Waals surface area contributed by atoms with Crippen molar-refractivity contribution in [3.63, 3.8) is 0 Å². The summed E-state index contributed by atoms with van der Waals surface area (Å²) < 4.78 is 0. The molecule has 7 nitrogen and oxygen atoms in total. The number of ketones is 1. The van der Waals surface area contributed by atoms with Crippen molar-refractivity contribution in [1.29, 1.82) is 0 Å². The summed E-state index contributed by atoms with van der Waals surface area (Å²) in [5, 5.41) is 0. The van der Waals surface area contributed by atoms with Crippen LogP contribution in [-0.4, -0.2) is 59.4 Å². The molecule has 0 aromatic heterocycles. The average molecular weight is 509 g/mol. The number of benzene rings is 3. The van der Waals surface area contributed by atoms with E-state index in [0.29, 0.717) is 44.0 Å². The van der Waals surface area contributed by atoms with Crippen LogP contribution in [0.3, 0.4) is 0 Å². The molecule has 1 unspecified atom stereocenters. The van der Waals surface area contributed by atoms with Gasteiger partial charge in [0.1, 0.15) is 5.84 Å². The zero-order chi connectivity index (χ0) is 26.9. The van der Waals surface area contributed by atoms with Gasteiger partial charge in [-0.05, 0) is 42.2 Å². The molecule has 2 N–H and O–H groups in total. The minimum Gasteiger partial charge on any atom is -0.387 e. The first kappa shape index (κ1) is 25.4. The molecule has 194 valence electrons. The van der Waals surface area contributed by atoms with Crippen LogP contribution in [0.25, 0.3) is 0 Å². The number of hydrogen-bond donors (Lipinski definition) is 1. The van der Waals surface area contributed by atoms with Gasteiger partial charge < -0.3 is 15.5 Å². The van der Waals surface area contributed by atoms with Gasteiger partial charge >= 0.3 is 0 Å². The van der Waals surface area contributed by atoms with Crippen molar-refractivity contribution in [2.45, 2.75) is 25.8 Å². The summed E-state index contributed by atoms with van der Waals surface area (Å²) in [6.07, 6.45) is 0.357. The number of piperazine rings is 1. The number of amidine groups is 1. The number of aliphatic imine (C=N–C) groups is 1. The van der Waals surface area contributed by atoms with Crippen LogP contribution in [0.4, 0.5) is 0 Å². The molecule has 0 radical (unpaired) electrons. The van der Waals surface area contributed by atoms with Crippen LogP contribution in [0.1, 0.15) is 39.5 Å². The highest BCUT2D eigenvalue weighted by Gasteiger charge is 2.51. The molecule has 2 aliphatic heterocycles. The molecule has 2 amide bonds. The molecule has 0 bridgehead atoms. The van der Waals surface area contributed by atoms with Gasteiger partial charge in [-0.25, -0.2) is 4.99 Å². The van der Waals surface area contributed by atoms with E-state index in [1.165, 1.54) is 0 Å². The van der Waals surface area contributed by atoms with Gasteiger partial charge in [0.25, 0.3) is 5.91 Å². The van der Waals surface area contributed by atoms with Gasteiger partial charge in [0.05, 0.1) is 5.92 Å². The van der Waals surface area contributed by atoms with E-state index >= 15 is 0 Å². The number of Topliss-reactive ketones (excluding diaryl/α,β-unsaturated/α-hetero) is 1. The first-order valence-corrected chi connectivity index (χ1v) is 13.0. The van der Waals surface area contributed by atoms with E-state index in [2.05, 4.69) is 0 Å². The van der Waals surface area contributed by atoms with E-state index in [1.807, 2.05) is 85.8 Å². The SMILES string of the molecule is CC(=O)N1CCN(C(=O)c2cc(C)cc(CC3C(=O)C(c4ccccc4)(c4ccccc4)N=C3N)c2)CC1. The number of carbonyl (C=O) groups is 3. The molecule has 0 aliphatic carbocycles. The second-order valence-electron chi connectivity index (χ2n) is 10.1. The Balaban J connectivity index is 1.42. The van der Waals surface area contributed by atoms with Crippen molar-refractivity contribution in [3.8, 4) is 0 Å².